The highest BCUT2D eigenvalue weighted by Crippen LogP contribution is 2.55. The summed E-state index contributed by atoms with van der Waals surface area (Å²) in [4.78, 5) is 0. The molecule has 3 fully saturated rings. The Kier molecular flexibility index (Phi) is 1.35. The van der Waals surface area contributed by atoms with Crippen molar-refractivity contribution in [2.75, 3.05) is 6.61 Å². The van der Waals surface area contributed by atoms with E-state index in [0.717, 1.165) is 18.9 Å². The zero-order valence-electron chi connectivity index (χ0n) is 7.02. The second kappa shape index (κ2) is 2.22. The summed E-state index contributed by atoms with van der Waals surface area (Å²) in [5.41, 5.74) is 5.97. The van der Waals surface area contributed by atoms with E-state index in [1.165, 1.54) is 6.42 Å². The molecule has 68 valence electrons. The van der Waals surface area contributed by atoms with Crippen molar-refractivity contribution in [3.8, 4) is 0 Å². The minimum Gasteiger partial charge on any atom is -0.368 e. The fourth-order valence-electron chi connectivity index (χ4n) is 3.56. The van der Waals surface area contributed by atoms with Crippen LogP contribution in [0.15, 0.2) is 0 Å². The van der Waals surface area contributed by atoms with Gasteiger partial charge in [0, 0.05) is 12.0 Å². The van der Waals surface area contributed by atoms with Gasteiger partial charge in [-0.15, -0.1) is 0 Å². The minimum atomic E-state index is -0.517. The number of nitrogens with two attached hydrogens (primary N) is 1. The number of aliphatic hydroxyl groups is 1. The van der Waals surface area contributed by atoms with Crippen molar-refractivity contribution in [1.82, 2.24) is 0 Å². The summed E-state index contributed by atoms with van der Waals surface area (Å²) in [6.07, 6.45) is 1.87. The van der Waals surface area contributed by atoms with Gasteiger partial charge >= 0.3 is 0 Å². The number of rotatable bonds is 0. The molecule has 2 aliphatic carbocycles. The van der Waals surface area contributed by atoms with Crippen molar-refractivity contribution in [2.24, 2.45) is 29.4 Å². The molecule has 3 N–H and O–H groups in total. The number of hydrogen-bond donors (Lipinski definition) is 2. The highest BCUT2D eigenvalue weighted by atomic mass is 16.6. The fourth-order valence-corrected chi connectivity index (χ4v) is 3.56. The van der Waals surface area contributed by atoms with Crippen molar-refractivity contribution in [3.05, 3.63) is 0 Å². The molecule has 1 aliphatic heterocycles. The van der Waals surface area contributed by atoms with Crippen LogP contribution in [0.4, 0.5) is 0 Å². The van der Waals surface area contributed by atoms with Gasteiger partial charge in [0.1, 0.15) is 0 Å². The molecule has 3 heteroatoms. The molecule has 0 amide bonds. The van der Waals surface area contributed by atoms with Gasteiger partial charge in [0.2, 0.25) is 0 Å². The van der Waals surface area contributed by atoms with Crippen LogP contribution in [0.5, 0.6) is 0 Å². The normalized spacial score (nSPS) is 62.5. The highest BCUT2D eigenvalue weighted by Gasteiger charge is 2.57. The Bertz CT molecular complexity index is 209. The molecule has 0 aromatic heterocycles. The van der Waals surface area contributed by atoms with Gasteiger partial charge in [-0.3, -0.25) is 0 Å². The van der Waals surface area contributed by atoms with Crippen molar-refractivity contribution in [3.63, 3.8) is 0 Å². The molecule has 3 rings (SSSR count). The Morgan fingerprint density at radius 2 is 2.08 bits per heavy atom. The first-order chi connectivity index (χ1) is 5.77. The lowest BCUT2D eigenvalue weighted by molar-refractivity contribution is -0.0929. The molecule has 1 saturated heterocycles. The van der Waals surface area contributed by atoms with Crippen LogP contribution >= 0.6 is 0 Å². The zero-order valence-corrected chi connectivity index (χ0v) is 7.02. The Morgan fingerprint density at radius 1 is 1.25 bits per heavy atom. The summed E-state index contributed by atoms with van der Waals surface area (Å²) in [6, 6.07) is 0.326. The van der Waals surface area contributed by atoms with E-state index in [0.29, 0.717) is 23.8 Å². The lowest BCUT2D eigenvalue weighted by Gasteiger charge is -2.28. The second-order valence-electron chi connectivity index (χ2n) is 4.52. The molecule has 0 spiro atoms. The van der Waals surface area contributed by atoms with Crippen molar-refractivity contribution in [2.45, 2.75) is 25.2 Å². The highest BCUT2D eigenvalue weighted by molar-refractivity contribution is 5.05. The first-order valence-electron chi connectivity index (χ1n) is 4.82. The van der Waals surface area contributed by atoms with E-state index >= 15 is 0 Å². The molecule has 0 aromatic rings. The van der Waals surface area contributed by atoms with Crippen LogP contribution in [-0.2, 0) is 4.74 Å². The molecule has 6 atom stereocenters. The number of hydrogen-bond acceptors (Lipinski definition) is 3. The van der Waals surface area contributed by atoms with Crippen LogP contribution < -0.4 is 5.73 Å². The van der Waals surface area contributed by atoms with E-state index in [4.69, 9.17) is 10.5 Å². The smallest absolute Gasteiger partial charge is 0.158 e. The van der Waals surface area contributed by atoms with Gasteiger partial charge in [-0.2, -0.15) is 0 Å². The molecule has 12 heavy (non-hydrogen) atoms. The molecular formula is C9H15NO2. The molecular weight excluding hydrogens is 154 g/mol. The summed E-state index contributed by atoms with van der Waals surface area (Å²) in [7, 11) is 0. The summed E-state index contributed by atoms with van der Waals surface area (Å²) in [5.74, 6) is 2.26. The van der Waals surface area contributed by atoms with Gasteiger partial charge in [0.25, 0.3) is 0 Å². The van der Waals surface area contributed by atoms with E-state index in [1.54, 1.807) is 0 Å². The van der Waals surface area contributed by atoms with Crippen LogP contribution in [-0.4, -0.2) is 24.0 Å². The Labute approximate surface area is 71.9 Å². The summed E-state index contributed by atoms with van der Waals surface area (Å²) in [6.45, 7) is 0.764. The first kappa shape index (κ1) is 7.30. The summed E-state index contributed by atoms with van der Waals surface area (Å²) in [5, 5.41) is 9.56. The molecule has 2 saturated carbocycles. The quantitative estimate of drug-likeness (QED) is 0.534. The lowest BCUT2D eigenvalue weighted by atomic mass is 9.79. The van der Waals surface area contributed by atoms with Crippen LogP contribution in [0, 0.1) is 23.7 Å². The van der Waals surface area contributed by atoms with Crippen LogP contribution in [0.2, 0.25) is 0 Å². The molecule has 3 nitrogen and oxygen atoms in total. The number of aliphatic hydroxyl groups excluding tert-OH is 1. The van der Waals surface area contributed by atoms with Crippen LogP contribution in [0.1, 0.15) is 12.8 Å². The standard InChI is InChI=1S/C9H15NO2/c10-7-2-4-1-5(7)8-6(4)3-12-9(8)11/h4-9,11H,1-3,10H2. The molecule has 1 heterocycles. The maximum absolute atomic E-state index is 9.56. The topological polar surface area (TPSA) is 55.5 Å². The van der Waals surface area contributed by atoms with Gasteiger partial charge in [0.15, 0.2) is 6.29 Å². The molecule has 0 aromatic carbocycles. The fraction of sp³-hybridized carbons (Fsp3) is 1.00. The Hall–Kier alpha value is -0.120. The summed E-state index contributed by atoms with van der Waals surface area (Å²) < 4.78 is 5.25. The van der Waals surface area contributed by atoms with Crippen molar-refractivity contribution < 1.29 is 9.84 Å². The first-order valence-corrected chi connectivity index (χ1v) is 4.82. The average molecular weight is 169 g/mol. The maximum atomic E-state index is 9.56. The third-order valence-electron chi connectivity index (χ3n) is 4.08. The predicted molar refractivity (Wildman–Crippen MR) is 43.1 cm³/mol. The van der Waals surface area contributed by atoms with E-state index in [9.17, 15) is 5.11 Å². The zero-order chi connectivity index (χ0) is 8.29. The second-order valence-corrected chi connectivity index (χ2v) is 4.52. The third kappa shape index (κ3) is 0.721. The maximum Gasteiger partial charge on any atom is 0.158 e. The van der Waals surface area contributed by atoms with Crippen molar-refractivity contribution in [1.29, 1.82) is 0 Å². The van der Waals surface area contributed by atoms with Gasteiger partial charge in [-0.05, 0) is 30.6 Å². The summed E-state index contributed by atoms with van der Waals surface area (Å²) >= 11 is 0. The lowest BCUT2D eigenvalue weighted by Crippen LogP contribution is -2.38. The molecule has 0 radical (unpaired) electrons. The van der Waals surface area contributed by atoms with E-state index < -0.39 is 6.29 Å². The number of ether oxygens (including phenoxy) is 1. The predicted octanol–water partition coefficient (Wildman–Crippen LogP) is -0.0655. The Balaban J connectivity index is 1.90. The van der Waals surface area contributed by atoms with E-state index in [-0.39, 0.29) is 0 Å². The van der Waals surface area contributed by atoms with E-state index in [1.807, 2.05) is 0 Å². The molecule has 2 bridgehead atoms. The van der Waals surface area contributed by atoms with Crippen molar-refractivity contribution >= 4 is 0 Å². The average Bonchev–Trinajstić information content (AvgIpc) is 2.62. The van der Waals surface area contributed by atoms with E-state index in [2.05, 4.69) is 0 Å². The SMILES string of the molecule is NC1CC2CC1C1C(O)OCC21. The Morgan fingerprint density at radius 3 is 2.92 bits per heavy atom. The van der Waals surface area contributed by atoms with Gasteiger partial charge in [0.05, 0.1) is 6.61 Å². The number of fused-ring (bicyclic) bond motifs is 5. The van der Waals surface area contributed by atoms with Gasteiger partial charge < -0.3 is 15.6 Å². The minimum absolute atomic E-state index is 0.326. The van der Waals surface area contributed by atoms with Crippen LogP contribution in [0.25, 0.3) is 0 Å². The van der Waals surface area contributed by atoms with Crippen LogP contribution in [0.3, 0.4) is 0 Å². The third-order valence-corrected chi connectivity index (χ3v) is 4.08. The van der Waals surface area contributed by atoms with Gasteiger partial charge in [-0.25, -0.2) is 0 Å². The largest absolute Gasteiger partial charge is 0.368 e. The monoisotopic (exact) mass is 169 g/mol. The molecule has 6 unspecified atom stereocenters. The molecule has 3 aliphatic rings. The van der Waals surface area contributed by atoms with Gasteiger partial charge in [-0.1, -0.05) is 0 Å².